The second-order valence-corrected chi connectivity index (χ2v) is 8.43. The molecule has 2 atom stereocenters. The third kappa shape index (κ3) is 6.33. The number of anilines is 1. The lowest BCUT2D eigenvalue weighted by molar-refractivity contribution is -0.141. The molecule has 0 saturated carbocycles. The van der Waals surface area contributed by atoms with Gasteiger partial charge in [0.25, 0.3) is 0 Å². The Kier molecular flexibility index (Phi) is 8.13. The van der Waals surface area contributed by atoms with Crippen molar-refractivity contribution in [1.29, 1.82) is 0 Å². The molecular weight excluding hydrogens is 537 g/mol. The maximum Gasteiger partial charge on any atom is 0.412 e. The zero-order chi connectivity index (χ0) is 22.4. The number of thiol groups is 1. The normalized spacial score (nSPS) is 13.9. The Labute approximate surface area is 198 Å². The van der Waals surface area contributed by atoms with Crippen LogP contribution >= 0.6 is 35.2 Å². The number of nitrogens with one attached hydrogen (secondary N) is 1. The number of fused-ring (bicyclic) bond motifs is 1. The van der Waals surface area contributed by atoms with Gasteiger partial charge in [-0.2, -0.15) is 12.6 Å². The maximum absolute atomic E-state index is 12.6. The first-order chi connectivity index (χ1) is 14.9. The molecule has 31 heavy (non-hydrogen) atoms. The number of hydrogen-bond donors (Lipinski definition) is 3. The fourth-order valence-electron chi connectivity index (χ4n) is 3.03. The van der Waals surface area contributed by atoms with Crippen molar-refractivity contribution in [2.45, 2.75) is 19.4 Å². The topological polar surface area (TPSA) is 103 Å². The van der Waals surface area contributed by atoms with Gasteiger partial charge >= 0.3 is 12.1 Å². The molecule has 0 unspecified atom stereocenters. The minimum Gasteiger partial charge on any atom is -0.508 e. The van der Waals surface area contributed by atoms with Crippen LogP contribution in [0.25, 0.3) is 0 Å². The van der Waals surface area contributed by atoms with Crippen LogP contribution in [0.1, 0.15) is 25.0 Å². The summed E-state index contributed by atoms with van der Waals surface area (Å²) in [6, 6.07) is 10.1. The number of carbonyl (C=O) groups is 2. The lowest BCUT2D eigenvalue weighted by Crippen LogP contribution is -2.23. The molecule has 0 aromatic heterocycles. The van der Waals surface area contributed by atoms with E-state index in [0.29, 0.717) is 29.2 Å². The van der Waals surface area contributed by atoms with Crippen LogP contribution < -0.4 is 14.8 Å². The fourth-order valence-corrected chi connectivity index (χ4v) is 3.64. The zero-order valence-corrected chi connectivity index (χ0v) is 19.7. The molecule has 8 nitrogen and oxygen atoms in total. The van der Waals surface area contributed by atoms with Gasteiger partial charge in [-0.05, 0) is 59.3 Å². The first-order valence-electron chi connectivity index (χ1n) is 9.49. The van der Waals surface area contributed by atoms with Gasteiger partial charge in [0.2, 0.25) is 6.79 Å². The number of ether oxygens (including phenoxy) is 4. The van der Waals surface area contributed by atoms with Crippen LogP contribution in [0.4, 0.5) is 10.5 Å². The number of aromatic hydroxyl groups is 1. The Morgan fingerprint density at radius 2 is 2.00 bits per heavy atom. The van der Waals surface area contributed by atoms with E-state index in [1.807, 2.05) is 6.92 Å². The Bertz CT molecular complexity index is 955. The van der Waals surface area contributed by atoms with Crippen molar-refractivity contribution in [2.75, 3.05) is 24.5 Å². The van der Waals surface area contributed by atoms with Gasteiger partial charge in [-0.3, -0.25) is 10.1 Å². The monoisotopic (exact) mass is 559 g/mol. The van der Waals surface area contributed by atoms with Gasteiger partial charge in [0.1, 0.15) is 11.9 Å². The van der Waals surface area contributed by atoms with E-state index in [1.165, 1.54) is 0 Å². The molecule has 1 heterocycles. The first-order valence-corrected chi connectivity index (χ1v) is 11.2. The molecule has 1 aliphatic rings. The number of phenols is 1. The van der Waals surface area contributed by atoms with E-state index in [2.05, 4.69) is 40.5 Å². The molecule has 166 valence electrons. The fraction of sp³-hybridized carbons (Fsp3) is 0.333. The third-order valence-corrected chi connectivity index (χ3v) is 5.56. The molecule has 2 aromatic carbocycles. The van der Waals surface area contributed by atoms with Crippen molar-refractivity contribution in [1.82, 2.24) is 0 Å². The quantitative estimate of drug-likeness (QED) is 0.249. The van der Waals surface area contributed by atoms with Crippen molar-refractivity contribution >= 4 is 53.0 Å². The van der Waals surface area contributed by atoms with Crippen molar-refractivity contribution in [2.24, 2.45) is 5.92 Å². The average molecular weight is 559 g/mol. The van der Waals surface area contributed by atoms with Crippen molar-refractivity contribution in [3.8, 4) is 17.2 Å². The number of phenolic OH excluding ortho intramolecular Hbond substituents is 1. The highest BCUT2D eigenvalue weighted by Crippen LogP contribution is 2.37. The summed E-state index contributed by atoms with van der Waals surface area (Å²) in [5.74, 6) is 0.462. The summed E-state index contributed by atoms with van der Waals surface area (Å²) in [5.41, 5.74) is 0.955. The number of carbonyl (C=O) groups excluding carboxylic acids is 2. The number of esters is 1. The summed E-state index contributed by atoms with van der Waals surface area (Å²) in [6.45, 7) is 2.13. The molecule has 0 bridgehead atoms. The number of hydrogen-bond acceptors (Lipinski definition) is 8. The Hall–Kier alpha value is -2.34. The SMILES string of the molecule is C[C@@H](CCOC(=O)CS)[C@@H](OC(=O)Nc1ccc2c(c1)OCO2)c1cc(I)ccc1O. The van der Waals surface area contributed by atoms with Crippen molar-refractivity contribution in [3.63, 3.8) is 0 Å². The van der Waals surface area contributed by atoms with Gasteiger partial charge in [0, 0.05) is 26.8 Å². The van der Waals surface area contributed by atoms with E-state index in [1.54, 1.807) is 36.4 Å². The summed E-state index contributed by atoms with van der Waals surface area (Å²) in [5, 5.41) is 13.0. The van der Waals surface area contributed by atoms with E-state index in [0.717, 1.165) is 3.57 Å². The standard InChI is InChI=1S/C21H22INO7S/c1-12(6-7-27-19(25)10-31)20(15-8-13(22)2-4-16(15)24)30-21(26)23-14-3-5-17-18(9-14)29-11-28-17/h2-5,8-9,12,20,24,31H,6-7,10-11H2,1H3,(H,23,26)/t12-,20+/m0/s1. The Morgan fingerprint density at radius 1 is 1.23 bits per heavy atom. The third-order valence-electron chi connectivity index (χ3n) is 4.63. The molecule has 0 aliphatic carbocycles. The van der Waals surface area contributed by atoms with Crippen LogP contribution in [-0.2, 0) is 14.3 Å². The average Bonchev–Trinajstić information content (AvgIpc) is 3.21. The lowest BCUT2D eigenvalue weighted by atomic mass is 9.94. The Balaban J connectivity index is 1.73. The van der Waals surface area contributed by atoms with Crippen molar-refractivity contribution < 1.29 is 33.6 Å². The highest BCUT2D eigenvalue weighted by molar-refractivity contribution is 14.1. The molecule has 0 spiro atoms. The summed E-state index contributed by atoms with van der Waals surface area (Å²) in [4.78, 5) is 24.0. The van der Waals surface area contributed by atoms with Gasteiger partial charge in [0.05, 0.1) is 12.4 Å². The van der Waals surface area contributed by atoms with Gasteiger partial charge in [-0.25, -0.2) is 4.79 Å². The number of rotatable bonds is 8. The van der Waals surface area contributed by atoms with Crippen molar-refractivity contribution in [3.05, 3.63) is 45.5 Å². The van der Waals surface area contributed by atoms with Crippen LogP contribution in [0.3, 0.4) is 0 Å². The predicted octanol–water partition coefficient (Wildman–Crippen LogP) is 4.51. The molecular formula is C21H22INO7S. The number of benzene rings is 2. The summed E-state index contributed by atoms with van der Waals surface area (Å²) in [7, 11) is 0. The van der Waals surface area contributed by atoms with Crippen LogP contribution in [-0.4, -0.2) is 36.3 Å². The molecule has 2 N–H and O–H groups in total. The maximum atomic E-state index is 12.6. The van der Waals surface area contributed by atoms with E-state index < -0.39 is 18.2 Å². The largest absolute Gasteiger partial charge is 0.508 e. The van der Waals surface area contributed by atoms with E-state index in [-0.39, 0.29) is 30.8 Å². The summed E-state index contributed by atoms with van der Waals surface area (Å²) < 4.78 is 22.2. The van der Waals surface area contributed by atoms with Crippen LogP contribution in [0.2, 0.25) is 0 Å². The second-order valence-electron chi connectivity index (χ2n) is 6.87. The van der Waals surface area contributed by atoms with Crippen LogP contribution in [0, 0.1) is 9.49 Å². The molecule has 1 aliphatic heterocycles. The zero-order valence-electron chi connectivity index (χ0n) is 16.7. The number of halogens is 1. The van der Waals surface area contributed by atoms with Gasteiger partial charge < -0.3 is 24.1 Å². The molecule has 2 aromatic rings. The predicted molar refractivity (Wildman–Crippen MR) is 125 cm³/mol. The molecule has 0 saturated heterocycles. The molecule has 0 radical (unpaired) electrons. The molecule has 0 fully saturated rings. The lowest BCUT2D eigenvalue weighted by Gasteiger charge is -2.25. The minimum atomic E-state index is -0.765. The van der Waals surface area contributed by atoms with Gasteiger partial charge in [-0.1, -0.05) is 6.92 Å². The Morgan fingerprint density at radius 3 is 2.77 bits per heavy atom. The number of amides is 1. The highest BCUT2D eigenvalue weighted by Gasteiger charge is 2.27. The van der Waals surface area contributed by atoms with Crippen LogP contribution in [0.5, 0.6) is 17.2 Å². The minimum absolute atomic E-state index is 0.0100. The van der Waals surface area contributed by atoms with E-state index in [4.69, 9.17) is 18.9 Å². The second kappa shape index (κ2) is 10.8. The summed E-state index contributed by atoms with van der Waals surface area (Å²) >= 11 is 6.00. The molecule has 1 amide bonds. The van der Waals surface area contributed by atoms with Gasteiger partial charge in [0.15, 0.2) is 11.5 Å². The van der Waals surface area contributed by atoms with E-state index >= 15 is 0 Å². The summed E-state index contributed by atoms with van der Waals surface area (Å²) in [6.07, 6.45) is -1.04. The molecule has 10 heteroatoms. The van der Waals surface area contributed by atoms with Crippen LogP contribution in [0.15, 0.2) is 36.4 Å². The van der Waals surface area contributed by atoms with E-state index in [9.17, 15) is 14.7 Å². The van der Waals surface area contributed by atoms with Gasteiger partial charge in [-0.15, -0.1) is 0 Å². The first kappa shape index (κ1) is 23.3. The molecule has 3 rings (SSSR count). The highest BCUT2D eigenvalue weighted by atomic mass is 127. The smallest absolute Gasteiger partial charge is 0.412 e.